The molecule has 1 aliphatic carbocycles. The van der Waals surface area contributed by atoms with E-state index in [1.165, 1.54) is 6.92 Å². The summed E-state index contributed by atoms with van der Waals surface area (Å²) in [5.74, 6) is -0.241. The summed E-state index contributed by atoms with van der Waals surface area (Å²) >= 11 is 0. The van der Waals surface area contributed by atoms with Crippen molar-refractivity contribution in [1.82, 2.24) is 0 Å². The third-order valence-electron chi connectivity index (χ3n) is 2.43. The highest BCUT2D eigenvalue weighted by Crippen LogP contribution is 2.23. The summed E-state index contributed by atoms with van der Waals surface area (Å²) in [4.78, 5) is 10.5. The Labute approximate surface area is 90.4 Å². The minimum absolute atomic E-state index is 0.241. The zero-order valence-electron chi connectivity index (χ0n) is 9.11. The molecular weight excluding hydrogens is 192 g/mol. The summed E-state index contributed by atoms with van der Waals surface area (Å²) in [6, 6.07) is 0. The van der Waals surface area contributed by atoms with Crippen LogP contribution < -0.4 is 0 Å². The molecule has 0 saturated heterocycles. The van der Waals surface area contributed by atoms with E-state index in [4.69, 9.17) is 4.74 Å². The highest BCUT2D eigenvalue weighted by atomic mass is 16.5. The fraction of sp³-hybridized carbons (Fsp3) is 0.583. The minimum atomic E-state index is -0.690. The van der Waals surface area contributed by atoms with Gasteiger partial charge in [-0.15, -0.1) is 0 Å². The van der Waals surface area contributed by atoms with Crippen molar-refractivity contribution in [2.45, 2.75) is 38.2 Å². The van der Waals surface area contributed by atoms with Crippen LogP contribution in [-0.4, -0.2) is 23.3 Å². The largest absolute Gasteiger partial charge is 0.466 e. The van der Waals surface area contributed by atoms with Crippen LogP contribution in [0, 0.1) is 0 Å². The highest BCUT2D eigenvalue weighted by molar-refractivity contribution is 5.65. The van der Waals surface area contributed by atoms with Gasteiger partial charge < -0.3 is 9.84 Å². The normalized spacial score (nSPS) is 24.1. The Balaban J connectivity index is 2.12. The minimum Gasteiger partial charge on any atom is -0.466 e. The molecule has 0 aromatic carbocycles. The second kappa shape index (κ2) is 5.71. The van der Waals surface area contributed by atoms with Crippen LogP contribution in [0.25, 0.3) is 0 Å². The van der Waals surface area contributed by atoms with Crippen LogP contribution in [0.15, 0.2) is 24.3 Å². The van der Waals surface area contributed by atoms with Gasteiger partial charge in [0.1, 0.15) is 0 Å². The fourth-order valence-corrected chi connectivity index (χ4v) is 1.59. The second-order valence-corrected chi connectivity index (χ2v) is 3.89. The van der Waals surface area contributed by atoms with Gasteiger partial charge in [0.15, 0.2) is 0 Å². The van der Waals surface area contributed by atoms with Crippen LogP contribution in [0.5, 0.6) is 0 Å². The maximum absolute atomic E-state index is 10.5. The van der Waals surface area contributed by atoms with Gasteiger partial charge in [0.25, 0.3) is 0 Å². The molecule has 0 heterocycles. The summed E-state index contributed by atoms with van der Waals surface area (Å²) in [5, 5.41) is 10.0. The molecule has 0 amide bonds. The number of esters is 1. The van der Waals surface area contributed by atoms with Crippen molar-refractivity contribution >= 4 is 5.97 Å². The van der Waals surface area contributed by atoms with Crippen LogP contribution in [0.4, 0.5) is 0 Å². The van der Waals surface area contributed by atoms with E-state index in [-0.39, 0.29) is 5.97 Å². The smallest absolute Gasteiger partial charge is 0.302 e. The van der Waals surface area contributed by atoms with Gasteiger partial charge in [-0.05, 0) is 25.7 Å². The van der Waals surface area contributed by atoms with Crippen LogP contribution in [0.1, 0.15) is 32.6 Å². The monoisotopic (exact) mass is 210 g/mol. The number of allylic oxidation sites excluding steroid dienone is 2. The first-order valence-electron chi connectivity index (χ1n) is 5.32. The van der Waals surface area contributed by atoms with E-state index >= 15 is 0 Å². The quantitative estimate of drug-likeness (QED) is 0.557. The Kier molecular flexibility index (Phi) is 4.56. The van der Waals surface area contributed by atoms with Crippen molar-refractivity contribution in [3.63, 3.8) is 0 Å². The predicted octanol–water partition coefficient (Wildman–Crippen LogP) is 1.97. The summed E-state index contributed by atoms with van der Waals surface area (Å²) in [6.45, 7) is 1.85. The van der Waals surface area contributed by atoms with Crippen LogP contribution in [0.2, 0.25) is 0 Å². The molecule has 1 atom stereocenters. The Morgan fingerprint density at radius 2 is 2.27 bits per heavy atom. The lowest BCUT2D eigenvalue weighted by Gasteiger charge is -2.24. The number of hydrogen-bond acceptors (Lipinski definition) is 3. The third kappa shape index (κ3) is 4.79. The van der Waals surface area contributed by atoms with Gasteiger partial charge in [0, 0.05) is 6.92 Å². The molecule has 1 unspecified atom stereocenters. The number of aliphatic hydroxyl groups is 1. The number of carbonyl (C=O) groups excluding carboxylic acids is 1. The Morgan fingerprint density at radius 3 is 2.87 bits per heavy atom. The topological polar surface area (TPSA) is 46.5 Å². The van der Waals surface area contributed by atoms with E-state index in [1.54, 1.807) is 0 Å². The molecule has 1 aliphatic rings. The molecule has 3 heteroatoms. The predicted molar refractivity (Wildman–Crippen MR) is 58.3 cm³/mol. The lowest BCUT2D eigenvalue weighted by atomic mass is 9.90. The molecule has 0 radical (unpaired) electrons. The van der Waals surface area contributed by atoms with Gasteiger partial charge in [0.2, 0.25) is 0 Å². The average molecular weight is 210 g/mol. The lowest BCUT2D eigenvalue weighted by Crippen LogP contribution is -2.26. The highest BCUT2D eigenvalue weighted by Gasteiger charge is 2.22. The fourth-order valence-electron chi connectivity index (χ4n) is 1.59. The van der Waals surface area contributed by atoms with Crippen molar-refractivity contribution in [1.29, 1.82) is 0 Å². The number of carbonyl (C=O) groups is 1. The average Bonchev–Trinajstić information content (AvgIpc) is 2.17. The van der Waals surface area contributed by atoms with Gasteiger partial charge >= 0.3 is 5.97 Å². The number of rotatable bonds is 5. The van der Waals surface area contributed by atoms with E-state index in [9.17, 15) is 9.90 Å². The van der Waals surface area contributed by atoms with Gasteiger partial charge in [0.05, 0.1) is 12.2 Å². The molecule has 0 fully saturated rings. The maximum Gasteiger partial charge on any atom is 0.302 e. The molecule has 0 saturated carbocycles. The van der Waals surface area contributed by atoms with E-state index < -0.39 is 5.60 Å². The maximum atomic E-state index is 10.5. The Hall–Kier alpha value is -1.09. The molecule has 0 aromatic heterocycles. The standard InChI is InChI=1S/C12H18O3/c1-11(13)15-10-6-5-9-12(14)7-3-2-4-8-12/h2-4,7,14H,5-6,8-10H2,1H3. The number of hydrogen-bond donors (Lipinski definition) is 1. The van der Waals surface area contributed by atoms with Gasteiger partial charge in [-0.2, -0.15) is 0 Å². The summed E-state index contributed by atoms with van der Waals surface area (Å²) in [6.07, 6.45) is 10.7. The van der Waals surface area contributed by atoms with Gasteiger partial charge in [-0.3, -0.25) is 4.79 Å². The zero-order valence-corrected chi connectivity index (χ0v) is 9.11. The molecule has 0 aromatic rings. The molecule has 3 nitrogen and oxygen atoms in total. The Morgan fingerprint density at radius 1 is 1.47 bits per heavy atom. The Bertz CT molecular complexity index is 268. The van der Waals surface area contributed by atoms with Gasteiger partial charge in [-0.25, -0.2) is 0 Å². The second-order valence-electron chi connectivity index (χ2n) is 3.89. The van der Waals surface area contributed by atoms with E-state index in [1.807, 2.05) is 24.3 Å². The SMILES string of the molecule is CC(=O)OCCCCC1(O)C=CC=CC1. The number of ether oxygens (including phenoxy) is 1. The van der Waals surface area contributed by atoms with Crippen molar-refractivity contribution in [2.24, 2.45) is 0 Å². The van der Waals surface area contributed by atoms with Crippen molar-refractivity contribution in [3.05, 3.63) is 24.3 Å². The van der Waals surface area contributed by atoms with E-state index in [0.717, 1.165) is 19.3 Å². The first-order valence-corrected chi connectivity index (χ1v) is 5.32. The summed E-state index contributed by atoms with van der Waals surface area (Å²) in [7, 11) is 0. The van der Waals surface area contributed by atoms with Crippen LogP contribution >= 0.6 is 0 Å². The van der Waals surface area contributed by atoms with Crippen molar-refractivity contribution in [3.8, 4) is 0 Å². The first-order chi connectivity index (χ1) is 7.12. The van der Waals surface area contributed by atoms with Crippen molar-refractivity contribution < 1.29 is 14.6 Å². The van der Waals surface area contributed by atoms with Crippen LogP contribution in [-0.2, 0) is 9.53 Å². The molecule has 15 heavy (non-hydrogen) atoms. The lowest BCUT2D eigenvalue weighted by molar-refractivity contribution is -0.141. The molecule has 0 aliphatic heterocycles. The molecular formula is C12H18O3. The zero-order chi connectivity index (χ0) is 11.1. The van der Waals surface area contributed by atoms with Crippen LogP contribution in [0.3, 0.4) is 0 Å². The number of unbranched alkanes of at least 4 members (excludes halogenated alkanes) is 1. The van der Waals surface area contributed by atoms with E-state index in [2.05, 4.69) is 0 Å². The van der Waals surface area contributed by atoms with E-state index in [0.29, 0.717) is 13.0 Å². The first kappa shape index (κ1) is 12.0. The summed E-state index contributed by atoms with van der Waals surface area (Å²) < 4.78 is 4.81. The van der Waals surface area contributed by atoms with Gasteiger partial charge in [-0.1, -0.05) is 24.3 Å². The van der Waals surface area contributed by atoms with Crippen molar-refractivity contribution in [2.75, 3.05) is 6.61 Å². The molecule has 1 rings (SSSR count). The molecule has 0 bridgehead atoms. The molecule has 0 spiro atoms. The summed E-state index contributed by atoms with van der Waals surface area (Å²) in [5.41, 5.74) is -0.690. The molecule has 84 valence electrons. The third-order valence-corrected chi connectivity index (χ3v) is 2.43. The molecule has 1 N–H and O–H groups in total.